The van der Waals surface area contributed by atoms with Crippen molar-refractivity contribution in [3.63, 3.8) is 0 Å². The Bertz CT molecular complexity index is 459. The second-order valence-corrected chi connectivity index (χ2v) is 3.43. The summed E-state index contributed by atoms with van der Waals surface area (Å²) < 4.78 is 0. The minimum absolute atomic E-state index is 0.131. The fourth-order valence-corrected chi connectivity index (χ4v) is 1.43. The Balaban J connectivity index is 2.46. The Morgan fingerprint density at radius 2 is 1.87 bits per heavy atom. The summed E-state index contributed by atoms with van der Waals surface area (Å²) in [5, 5.41) is 17.0. The number of aliphatic hydroxyl groups excluding tert-OH is 1. The van der Waals surface area contributed by atoms with Gasteiger partial charge < -0.3 is 5.11 Å². The molecule has 0 fully saturated rings. The van der Waals surface area contributed by atoms with Crippen molar-refractivity contribution in [1.82, 2.24) is 10.2 Å². The number of aliphatic hydroxyl groups is 1. The van der Waals surface area contributed by atoms with E-state index < -0.39 is 0 Å². The van der Waals surface area contributed by atoms with Gasteiger partial charge in [0.15, 0.2) is 5.15 Å². The van der Waals surface area contributed by atoms with E-state index in [0.29, 0.717) is 11.3 Å². The zero-order valence-electron chi connectivity index (χ0n) is 7.89. The average molecular weight is 221 g/mol. The number of benzene rings is 1. The van der Waals surface area contributed by atoms with Gasteiger partial charge in [0.1, 0.15) is 0 Å². The van der Waals surface area contributed by atoms with Gasteiger partial charge in [-0.25, -0.2) is 0 Å². The van der Waals surface area contributed by atoms with Crippen molar-refractivity contribution in [2.75, 3.05) is 0 Å². The molecular formula is C11H9ClN2O. The minimum atomic E-state index is -0.131. The molecule has 2 aromatic rings. The Morgan fingerprint density at radius 1 is 1.13 bits per heavy atom. The van der Waals surface area contributed by atoms with Crippen LogP contribution in [0.5, 0.6) is 0 Å². The first kappa shape index (κ1) is 10.1. The van der Waals surface area contributed by atoms with Crippen molar-refractivity contribution in [3.05, 3.63) is 47.1 Å². The van der Waals surface area contributed by atoms with E-state index in [1.807, 2.05) is 30.3 Å². The van der Waals surface area contributed by atoms with E-state index in [9.17, 15) is 0 Å². The smallest absolute Gasteiger partial charge is 0.157 e. The van der Waals surface area contributed by atoms with Gasteiger partial charge in [-0.1, -0.05) is 41.9 Å². The first-order valence-electron chi connectivity index (χ1n) is 4.49. The van der Waals surface area contributed by atoms with Crippen LogP contribution in [-0.4, -0.2) is 15.3 Å². The van der Waals surface area contributed by atoms with Gasteiger partial charge in [0.2, 0.25) is 0 Å². The van der Waals surface area contributed by atoms with Crippen molar-refractivity contribution in [2.45, 2.75) is 6.61 Å². The summed E-state index contributed by atoms with van der Waals surface area (Å²) in [6.45, 7) is -0.131. The Hall–Kier alpha value is -1.45. The predicted molar refractivity (Wildman–Crippen MR) is 58.4 cm³/mol. The number of hydrogen-bond donors (Lipinski definition) is 1. The Morgan fingerprint density at radius 3 is 2.53 bits per heavy atom. The van der Waals surface area contributed by atoms with Gasteiger partial charge in [-0.05, 0) is 6.07 Å². The second-order valence-electron chi connectivity index (χ2n) is 3.07. The van der Waals surface area contributed by atoms with Crippen LogP contribution < -0.4 is 0 Å². The lowest BCUT2D eigenvalue weighted by molar-refractivity contribution is 0.281. The van der Waals surface area contributed by atoms with Crippen LogP contribution in [0.4, 0.5) is 0 Å². The minimum Gasteiger partial charge on any atom is -0.392 e. The molecule has 0 spiro atoms. The molecule has 0 aliphatic rings. The van der Waals surface area contributed by atoms with Gasteiger partial charge in [-0.2, -0.15) is 0 Å². The van der Waals surface area contributed by atoms with Crippen LogP contribution in [-0.2, 0) is 6.61 Å². The summed E-state index contributed by atoms with van der Waals surface area (Å²) in [6.07, 6.45) is 0. The lowest BCUT2D eigenvalue weighted by Gasteiger charge is -2.02. The largest absolute Gasteiger partial charge is 0.392 e. The second kappa shape index (κ2) is 4.38. The van der Waals surface area contributed by atoms with E-state index in [4.69, 9.17) is 16.7 Å². The van der Waals surface area contributed by atoms with Crippen LogP contribution in [0.25, 0.3) is 11.3 Å². The molecule has 0 atom stereocenters. The zero-order chi connectivity index (χ0) is 10.7. The fourth-order valence-electron chi connectivity index (χ4n) is 1.28. The number of nitrogens with zero attached hydrogens (tertiary/aromatic N) is 2. The molecular weight excluding hydrogens is 212 g/mol. The topological polar surface area (TPSA) is 46.0 Å². The van der Waals surface area contributed by atoms with Crippen LogP contribution >= 0.6 is 11.6 Å². The van der Waals surface area contributed by atoms with Crippen molar-refractivity contribution < 1.29 is 5.11 Å². The maximum absolute atomic E-state index is 9.04. The molecule has 0 amide bonds. The Kier molecular flexibility index (Phi) is 2.94. The molecule has 4 heteroatoms. The van der Waals surface area contributed by atoms with E-state index >= 15 is 0 Å². The summed E-state index contributed by atoms with van der Waals surface area (Å²) in [6, 6.07) is 11.4. The monoisotopic (exact) mass is 220 g/mol. The summed E-state index contributed by atoms with van der Waals surface area (Å²) in [5.74, 6) is 0. The number of aromatic nitrogens is 2. The SMILES string of the molecule is OCc1cc(-c2ccccc2)nnc1Cl. The lowest BCUT2D eigenvalue weighted by atomic mass is 10.1. The van der Waals surface area contributed by atoms with Crippen LogP contribution in [0, 0.1) is 0 Å². The third-order valence-corrected chi connectivity index (χ3v) is 2.38. The van der Waals surface area contributed by atoms with Crippen molar-refractivity contribution in [1.29, 1.82) is 0 Å². The van der Waals surface area contributed by atoms with E-state index in [1.54, 1.807) is 6.07 Å². The van der Waals surface area contributed by atoms with Crippen LogP contribution in [0.1, 0.15) is 5.56 Å². The highest BCUT2D eigenvalue weighted by molar-refractivity contribution is 6.30. The Labute approximate surface area is 92.4 Å². The first-order chi connectivity index (χ1) is 7.31. The molecule has 0 radical (unpaired) electrons. The summed E-state index contributed by atoms with van der Waals surface area (Å²) in [4.78, 5) is 0. The van der Waals surface area contributed by atoms with E-state index in [2.05, 4.69) is 10.2 Å². The third kappa shape index (κ3) is 2.14. The molecule has 3 nitrogen and oxygen atoms in total. The highest BCUT2D eigenvalue weighted by atomic mass is 35.5. The number of hydrogen-bond acceptors (Lipinski definition) is 3. The number of rotatable bonds is 2. The fraction of sp³-hybridized carbons (Fsp3) is 0.0909. The molecule has 0 aliphatic heterocycles. The van der Waals surface area contributed by atoms with Crippen LogP contribution in [0.15, 0.2) is 36.4 Å². The predicted octanol–water partition coefficient (Wildman–Crippen LogP) is 2.29. The van der Waals surface area contributed by atoms with Gasteiger partial charge >= 0.3 is 0 Å². The maximum Gasteiger partial charge on any atom is 0.157 e. The molecule has 0 aliphatic carbocycles. The van der Waals surface area contributed by atoms with Gasteiger partial charge in [0.25, 0.3) is 0 Å². The molecule has 0 unspecified atom stereocenters. The molecule has 0 saturated carbocycles. The molecule has 1 aromatic heterocycles. The third-order valence-electron chi connectivity index (χ3n) is 2.06. The quantitative estimate of drug-likeness (QED) is 0.845. The number of halogens is 1. The zero-order valence-corrected chi connectivity index (χ0v) is 8.65. The van der Waals surface area contributed by atoms with Gasteiger partial charge in [-0.3, -0.25) is 0 Å². The molecule has 0 saturated heterocycles. The van der Waals surface area contributed by atoms with Gasteiger partial charge in [0.05, 0.1) is 12.3 Å². The van der Waals surface area contributed by atoms with Crippen molar-refractivity contribution in [3.8, 4) is 11.3 Å². The van der Waals surface area contributed by atoms with Crippen molar-refractivity contribution in [2.24, 2.45) is 0 Å². The van der Waals surface area contributed by atoms with Crippen LogP contribution in [0.3, 0.4) is 0 Å². The van der Waals surface area contributed by atoms with Crippen LogP contribution in [0.2, 0.25) is 5.15 Å². The van der Waals surface area contributed by atoms with E-state index in [1.165, 1.54) is 0 Å². The highest BCUT2D eigenvalue weighted by Gasteiger charge is 2.05. The standard InChI is InChI=1S/C11H9ClN2O/c12-11-9(7-15)6-10(13-14-11)8-4-2-1-3-5-8/h1-6,15H,7H2. The van der Waals surface area contributed by atoms with Gasteiger partial charge in [-0.15, -0.1) is 10.2 Å². The normalized spacial score (nSPS) is 10.3. The van der Waals surface area contributed by atoms with E-state index in [0.717, 1.165) is 5.56 Å². The molecule has 76 valence electrons. The molecule has 15 heavy (non-hydrogen) atoms. The first-order valence-corrected chi connectivity index (χ1v) is 4.87. The molecule has 1 heterocycles. The molecule has 2 rings (SSSR count). The van der Waals surface area contributed by atoms with Gasteiger partial charge in [0, 0.05) is 11.1 Å². The molecule has 1 aromatic carbocycles. The summed E-state index contributed by atoms with van der Waals surface area (Å²) >= 11 is 5.75. The summed E-state index contributed by atoms with van der Waals surface area (Å²) in [7, 11) is 0. The highest BCUT2D eigenvalue weighted by Crippen LogP contribution is 2.20. The maximum atomic E-state index is 9.04. The molecule has 1 N–H and O–H groups in total. The van der Waals surface area contributed by atoms with E-state index in [-0.39, 0.29) is 11.8 Å². The average Bonchev–Trinajstić information content (AvgIpc) is 2.31. The molecule has 0 bridgehead atoms. The van der Waals surface area contributed by atoms with Crippen molar-refractivity contribution >= 4 is 11.6 Å². The lowest BCUT2D eigenvalue weighted by Crippen LogP contribution is -1.94. The summed E-state index contributed by atoms with van der Waals surface area (Å²) in [5.41, 5.74) is 2.26.